The highest BCUT2D eigenvalue weighted by molar-refractivity contribution is 8.02. The minimum Gasteiger partial charge on any atom is -0.493 e. The third-order valence-corrected chi connectivity index (χ3v) is 7.45. The van der Waals surface area contributed by atoms with Crippen molar-refractivity contribution in [3.63, 3.8) is 0 Å². The van der Waals surface area contributed by atoms with Crippen LogP contribution in [0.25, 0.3) is 0 Å². The van der Waals surface area contributed by atoms with Gasteiger partial charge in [-0.2, -0.15) is 5.26 Å². The predicted molar refractivity (Wildman–Crippen MR) is 133 cm³/mol. The summed E-state index contributed by atoms with van der Waals surface area (Å²) in [6, 6.07) is 13.7. The fourth-order valence-corrected chi connectivity index (χ4v) is 5.75. The molecule has 2 aromatic rings. The lowest BCUT2D eigenvalue weighted by Crippen LogP contribution is -2.31. The Morgan fingerprint density at radius 3 is 2.44 bits per heavy atom. The monoisotopic (exact) mass is 496 g/mol. The summed E-state index contributed by atoms with van der Waals surface area (Å²) < 4.78 is 16.6. The van der Waals surface area contributed by atoms with E-state index in [0.717, 1.165) is 34.7 Å². The van der Waals surface area contributed by atoms with Crippen LogP contribution in [-0.4, -0.2) is 27.1 Å². The number of rotatable bonds is 7. The average Bonchev–Trinajstić information content (AvgIpc) is 2.86. The Morgan fingerprint density at radius 2 is 1.82 bits per heavy atom. The fourth-order valence-electron chi connectivity index (χ4n) is 4.40. The molecule has 0 spiro atoms. The van der Waals surface area contributed by atoms with E-state index in [1.807, 2.05) is 36.4 Å². The number of allylic oxidation sites excluding steroid dienone is 3. The zero-order valence-electron chi connectivity index (χ0n) is 19.2. The number of methoxy groups -OCH3 is 3. The van der Waals surface area contributed by atoms with Gasteiger partial charge in [0, 0.05) is 28.5 Å². The van der Waals surface area contributed by atoms with Gasteiger partial charge < -0.3 is 19.5 Å². The van der Waals surface area contributed by atoms with E-state index in [9.17, 15) is 10.1 Å². The van der Waals surface area contributed by atoms with Crippen molar-refractivity contribution in [3.05, 3.63) is 74.4 Å². The van der Waals surface area contributed by atoms with Crippen LogP contribution in [0.1, 0.15) is 36.3 Å². The molecule has 1 aliphatic heterocycles. The molecule has 6 nitrogen and oxygen atoms in total. The van der Waals surface area contributed by atoms with E-state index >= 15 is 0 Å². The van der Waals surface area contributed by atoms with Gasteiger partial charge in [-0.15, -0.1) is 11.8 Å². The van der Waals surface area contributed by atoms with E-state index < -0.39 is 5.92 Å². The Bertz CT molecular complexity index is 1210. The summed E-state index contributed by atoms with van der Waals surface area (Å²) in [5.41, 5.74) is 3.71. The van der Waals surface area contributed by atoms with Crippen LogP contribution in [0.3, 0.4) is 0 Å². The summed E-state index contributed by atoms with van der Waals surface area (Å²) in [7, 11) is 4.64. The number of nitrogens with one attached hydrogen (secondary N) is 1. The Morgan fingerprint density at radius 1 is 1.12 bits per heavy atom. The number of hydrogen-bond donors (Lipinski definition) is 1. The highest BCUT2D eigenvalue weighted by Gasteiger charge is 2.38. The molecule has 34 heavy (non-hydrogen) atoms. The highest BCUT2D eigenvalue weighted by atomic mass is 35.5. The zero-order valence-corrected chi connectivity index (χ0v) is 20.8. The number of ketones is 1. The van der Waals surface area contributed by atoms with Gasteiger partial charge in [0.1, 0.15) is 0 Å². The number of ether oxygens (including phenoxy) is 3. The Balaban J connectivity index is 1.84. The second-order valence-corrected chi connectivity index (χ2v) is 9.31. The topological polar surface area (TPSA) is 80.6 Å². The molecule has 0 bridgehead atoms. The lowest BCUT2D eigenvalue weighted by molar-refractivity contribution is -0.116. The number of nitrogens with zero attached hydrogens (tertiary/aromatic N) is 1. The molecule has 4 rings (SSSR count). The summed E-state index contributed by atoms with van der Waals surface area (Å²) in [5, 5.41) is 15.1. The SMILES string of the molecule is COc1cc(C2C(C#N)=C(SCc3ccccc3Cl)NC3=C2C(=O)CCC3)cc(OC)c1OC. The molecule has 1 heterocycles. The standard InChI is InChI=1S/C26H25ClN2O4S/c1-31-21-11-16(12-22(32-2)25(21)33-3)23-17(13-28)26(29-19-9-6-10-20(30)24(19)23)34-14-15-7-4-5-8-18(15)27/h4-5,7-8,11-12,23,29H,6,9-10,14H2,1-3H3. The van der Waals surface area contributed by atoms with Crippen LogP contribution in [0.15, 0.2) is 58.3 Å². The molecule has 0 saturated heterocycles. The van der Waals surface area contributed by atoms with Gasteiger partial charge in [-0.05, 0) is 42.2 Å². The minimum atomic E-state index is -0.531. The molecular formula is C26H25ClN2O4S. The van der Waals surface area contributed by atoms with Crippen molar-refractivity contribution < 1.29 is 19.0 Å². The zero-order chi connectivity index (χ0) is 24.2. The molecule has 0 aromatic heterocycles. The van der Waals surface area contributed by atoms with Crippen LogP contribution >= 0.6 is 23.4 Å². The molecule has 8 heteroatoms. The maximum atomic E-state index is 13.1. The maximum Gasteiger partial charge on any atom is 0.203 e. The molecule has 2 aromatic carbocycles. The number of hydrogen-bond acceptors (Lipinski definition) is 7. The highest BCUT2D eigenvalue weighted by Crippen LogP contribution is 2.48. The largest absolute Gasteiger partial charge is 0.493 e. The quantitative estimate of drug-likeness (QED) is 0.524. The molecule has 176 valence electrons. The van der Waals surface area contributed by atoms with E-state index in [0.29, 0.717) is 45.6 Å². The van der Waals surface area contributed by atoms with Crippen molar-refractivity contribution in [1.29, 1.82) is 5.26 Å². The van der Waals surface area contributed by atoms with E-state index in [1.165, 1.54) is 11.8 Å². The number of dihydropyridines is 1. The van der Waals surface area contributed by atoms with Gasteiger partial charge >= 0.3 is 0 Å². The molecule has 0 radical (unpaired) electrons. The molecule has 0 fully saturated rings. The van der Waals surface area contributed by atoms with Crippen molar-refractivity contribution in [3.8, 4) is 23.3 Å². The Kier molecular flexibility index (Phi) is 7.40. The number of nitriles is 1. The van der Waals surface area contributed by atoms with Gasteiger partial charge in [0.05, 0.1) is 43.9 Å². The van der Waals surface area contributed by atoms with E-state index in [-0.39, 0.29) is 5.78 Å². The number of thioether (sulfide) groups is 1. The molecular weight excluding hydrogens is 472 g/mol. The molecule has 0 amide bonds. The maximum absolute atomic E-state index is 13.1. The first kappa shape index (κ1) is 24.1. The predicted octanol–water partition coefficient (Wildman–Crippen LogP) is 5.73. The summed E-state index contributed by atoms with van der Waals surface area (Å²) >= 11 is 7.86. The normalized spacial score (nSPS) is 17.6. The Hall–Kier alpha value is -3.08. The van der Waals surface area contributed by atoms with E-state index in [1.54, 1.807) is 21.3 Å². The lowest BCUT2D eigenvalue weighted by atomic mass is 9.76. The van der Waals surface area contributed by atoms with Crippen molar-refractivity contribution in [2.24, 2.45) is 0 Å². The summed E-state index contributed by atoms with van der Waals surface area (Å²) in [6.45, 7) is 0. The van der Waals surface area contributed by atoms with Gasteiger partial charge in [-0.25, -0.2) is 0 Å². The number of halogens is 1. The van der Waals surface area contributed by atoms with Crippen molar-refractivity contribution >= 4 is 29.1 Å². The van der Waals surface area contributed by atoms with E-state index in [4.69, 9.17) is 25.8 Å². The number of benzene rings is 2. The second kappa shape index (κ2) is 10.5. The van der Waals surface area contributed by atoms with Crippen molar-refractivity contribution in [1.82, 2.24) is 5.32 Å². The summed E-state index contributed by atoms with van der Waals surface area (Å²) in [4.78, 5) is 13.1. The second-order valence-electron chi connectivity index (χ2n) is 7.92. The molecule has 1 atom stereocenters. The molecule has 1 unspecified atom stereocenters. The minimum absolute atomic E-state index is 0.0513. The van der Waals surface area contributed by atoms with Crippen LogP contribution < -0.4 is 19.5 Å². The molecule has 0 saturated carbocycles. The first-order valence-corrected chi connectivity index (χ1v) is 12.2. The third-order valence-electron chi connectivity index (χ3n) is 6.01. The number of carbonyl (C=O) groups excluding carboxylic acids is 1. The van der Waals surface area contributed by atoms with Crippen LogP contribution in [0.5, 0.6) is 17.2 Å². The van der Waals surface area contributed by atoms with Gasteiger partial charge in [0.25, 0.3) is 0 Å². The van der Waals surface area contributed by atoms with Crippen molar-refractivity contribution in [2.75, 3.05) is 21.3 Å². The molecule has 2 aliphatic rings. The first-order chi connectivity index (χ1) is 16.5. The van der Waals surface area contributed by atoms with Crippen LogP contribution in [0.2, 0.25) is 5.02 Å². The third kappa shape index (κ3) is 4.48. The smallest absolute Gasteiger partial charge is 0.203 e. The number of carbonyl (C=O) groups is 1. The van der Waals surface area contributed by atoms with Gasteiger partial charge in [0.15, 0.2) is 17.3 Å². The Labute approximate surface area is 208 Å². The van der Waals surface area contributed by atoms with Crippen molar-refractivity contribution in [2.45, 2.75) is 30.9 Å². The van der Waals surface area contributed by atoms with Crippen LogP contribution in [-0.2, 0) is 10.5 Å². The molecule has 1 aliphatic carbocycles. The average molecular weight is 497 g/mol. The lowest BCUT2D eigenvalue weighted by Gasteiger charge is -2.33. The van der Waals surface area contributed by atoms with Gasteiger partial charge in [-0.3, -0.25) is 4.79 Å². The van der Waals surface area contributed by atoms with Gasteiger partial charge in [0.2, 0.25) is 5.75 Å². The van der Waals surface area contributed by atoms with E-state index in [2.05, 4.69) is 11.4 Å². The molecule has 1 N–H and O–H groups in total. The summed E-state index contributed by atoms with van der Waals surface area (Å²) in [6.07, 6.45) is 1.98. The first-order valence-electron chi connectivity index (χ1n) is 10.9. The summed E-state index contributed by atoms with van der Waals surface area (Å²) in [5.74, 6) is 1.52. The number of Topliss-reactive ketones (excluding diaryl/α,β-unsaturated/α-hetero) is 1. The van der Waals surface area contributed by atoms with Gasteiger partial charge in [-0.1, -0.05) is 29.8 Å². The fraction of sp³-hybridized carbons (Fsp3) is 0.308. The van der Waals surface area contributed by atoms with Crippen LogP contribution in [0.4, 0.5) is 0 Å². The van der Waals surface area contributed by atoms with Crippen LogP contribution in [0, 0.1) is 11.3 Å².